The molecule has 16 heavy (non-hydrogen) atoms. The monoisotopic (exact) mass is 220 g/mol. The van der Waals surface area contributed by atoms with E-state index in [-0.39, 0.29) is 5.92 Å². The lowest BCUT2D eigenvalue weighted by atomic mass is 9.83. The van der Waals surface area contributed by atoms with Gasteiger partial charge in [-0.1, -0.05) is 0 Å². The van der Waals surface area contributed by atoms with Crippen LogP contribution in [0.15, 0.2) is 6.20 Å². The fourth-order valence-electron chi connectivity index (χ4n) is 2.18. The number of hydrogen-bond donors (Lipinski definition) is 3. The fraction of sp³-hybridized carbons (Fsp3) is 0.364. The molecular formula is C11H14N3O2+. The van der Waals surface area contributed by atoms with Gasteiger partial charge in [0.25, 0.3) is 0 Å². The molecule has 0 bridgehead atoms. The Kier molecular flexibility index (Phi) is 2.60. The van der Waals surface area contributed by atoms with Crippen LogP contribution in [0.1, 0.15) is 23.1 Å². The average Bonchev–Trinajstić information content (AvgIpc) is 2.28. The minimum Gasteiger partial charge on any atom is -0.481 e. The van der Waals surface area contributed by atoms with Crippen LogP contribution in [0.4, 0.5) is 5.82 Å². The van der Waals surface area contributed by atoms with E-state index in [1.807, 2.05) is 0 Å². The highest BCUT2D eigenvalue weighted by Gasteiger charge is 2.26. The van der Waals surface area contributed by atoms with E-state index in [1.165, 1.54) is 6.21 Å². The Morgan fingerprint density at radius 3 is 3.06 bits per heavy atom. The Balaban J connectivity index is 2.42. The normalized spacial score (nSPS) is 18.9. The number of hydrogen-bond acceptors (Lipinski definition) is 3. The second-order valence-corrected chi connectivity index (χ2v) is 4.01. The lowest BCUT2D eigenvalue weighted by Gasteiger charge is -2.22. The first kappa shape index (κ1) is 10.6. The van der Waals surface area contributed by atoms with E-state index in [2.05, 4.69) is 4.98 Å². The number of carboxylic acids is 1. The summed E-state index contributed by atoms with van der Waals surface area (Å²) in [5.74, 6) is -0.653. The number of carbonyl (C=O) groups is 1. The van der Waals surface area contributed by atoms with Gasteiger partial charge >= 0.3 is 5.97 Å². The maximum Gasteiger partial charge on any atom is 0.306 e. The fourth-order valence-corrected chi connectivity index (χ4v) is 2.18. The van der Waals surface area contributed by atoms with Crippen molar-refractivity contribution in [3.63, 3.8) is 0 Å². The van der Waals surface area contributed by atoms with Gasteiger partial charge < -0.3 is 10.8 Å². The third kappa shape index (κ3) is 1.64. The van der Waals surface area contributed by atoms with Gasteiger partial charge in [-0.3, -0.25) is 10.2 Å². The largest absolute Gasteiger partial charge is 0.481 e. The molecule has 1 aliphatic carbocycles. The number of pyridine rings is 1. The zero-order valence-corrected chi connectivity index (χ0v) is 8.81. The maximum atomic E-state index is 10.9. The molecule has 1 atom stereocenters. The smallest absolute Gasteiger partial charge is 0.306 e. The summed E-state index contributed by atoms with van der Waals surface area (Å²) in [6.07, 6.45) is 4.95. The molecule has 0 saturated carbocycles. The number of rotatable bonds is 2. The summed E-state index contributed by atoms with van der Waals surface area (Å²) in [5.41, 5.74) is 8.46. The number of anilines is 1. The predicted octanol–water partition coefficient (Wildman–Crippen LogP) is -0.969. The molecule has 5 N–H and O–H groups in total. The Bertz CT molecular complexity index is 457. The Labute approximate surface area is 92.8 Å². The third-order valence-corrected chi connectivity index (χ3v) is 3.07. The summed E-state index contributed by atoms with van der Waals surface area (Å²) in [6.45, 7) is 0. The van der Waals surface area contributed by atoms with Crippen LogP contribution in [0, 0.1) is 5.92 Å². The molecule has 5 nitrogen and oxygen atoms in total. The molecule has 1 heterocycles. The van der Waals surface area contributed by atoms with Crippen LogP contribution in [0.2, 0.25) is 0 Å². The molecule has 1 aromatic heterocycles. The number of nitrogens with two attached hydrogens (primary N) is 2. The molecule has 0 radical (unpaired) electrons. The predicted molar refractivity (Wildman–Crippen MR) is 58.9 cm³/mol. The van der Waals surface area contributed by atoms with E-state index in [0.717, 1.165) is 16.7 Å². The summed E-state index contributed by atoms with van der Waals surface area (Å²) in [5, 5.41) is 14.5. The standard InChI is InChI=1S/C11H13N3O2/c12-4-9-8-2-1-6(11(15)16)3-7(8)5-14-10(9)13/h4-6,12H,1-3H2,(H2,13,14)(H,15,16)/p+1. The van der Waals surface area contributed by atoms with E-state index in [4.69, 9.17) is 16.2 Å². The summed E-state index contributed by atoms with van der Waals surface area (Å²) < 4.78 is 0. The molecular weight excluding hydrogens is 206 g/mol. The van der Waals surface area contributed by atoms with Crippen molar-refractivity contribution in [3.05, 3.63) is 22.9 Å². The van der Waals surface area contributed by atoms with Crippen LogP contribution < -0.4 is 11.1 Å². The third-order valence-electron chi connectivity index (χ3n) is 3.07. The van der Waals surface area contributed by atoms with Gasteiger partial charge in [-0.15, -0.1) is 0 Å². The van der Waals surface area contributed by atoms with E-state index in [1.54, 1.807) is 6.20 Å². The van der Waals surface area contributed by atoms with Crippen LogP contribution in [0.25, 0.3) is 0 Å². The Morgan fingerprint density at radius 1 is 1.69 bits per heavy atom. The highest BCUT2D eigenvalue weighted by Crippen LogP contribution is 2.28. The van der Waals surface area contributed by atoms with Gasteiger partial charge in [-0.2, -0.15) is 0 Å². The van der Waals surface area contributed by atoms with Crippen molar-refractivity contribution in [2.75, 3.05) is 5.73 Å². The first-order valence-corrected chi connectivity index (χ1v) is 5.17. The number of nitrogens with zero attached hydrogens (tertiary/aromatic N) is 1. The molecule has 0 amide bonds. The van der Waals surface area contributed by atoms with E-state index in [9.17, 15) is 4.79 Å². The van der Waals surface area contributed by atoms with Crippen molar-refractivity contribution < 1.29 is 15.3 Å². The molecule has 0 aliphatic heterocycles. The highest BCUT2D eigenvalue weighted by atomic mass is 16.4. The average molecular weight is 220 g/mol. The molecule has 0 saturated heterocycles. The zero-order chi connectivity index (χ0) is 11.7. The van der Waals surface area contributed by atoms with Crippen LogP contribution in [-0.4, -0.2) is 22.3 Å². The highest BCUT2D eigenvalue weighted by molar-refractivity contribution is 5.84. The number of fused-ring (bicyclic) bond motifs is 1. The number of carboxylic acid groups (broad SMARTS) is 1. The van der Waals surface area contributed by atoms with Crippen molar-refractivity contribution in [3.8, 4) is 0 Å². The Hall–Kier alpha value is -1.91. The van der Waals surface area contributed by atoms with E-state index < -0.39 is 5.97 Å². The van der Waals surface area contributed by atoms with Crippen molar-refractivity contribution in [1.82, 2.24) is 4.98 Å². The summed E-state index contributed by atoms with van der Waals surface area (Å²) >= 11 is 0. The minimum absolute atomic E-state index is 0.316. The summed E-state index contributed by atoms with van der Waals surface area (Å²) in [4.78, 5) is 14.9. The van der Waals surface area contributed by atoms with Crippen LogP contribution in [0.5, 0.6) is 0 Å². The first-order chi connectivity index (χ1) is 7.63. The zero-order valence-electron chi connectivity index (χ0n) is 8.81. The quantitative estimate of drug-likeness (QED) is 0.558. The SMILES string of the molecule is Nc1ncc2c(c1C=[NH2+])CCC(C(=O)O)C2. The van der Waals surface area contributed by atoms with Crippen molar-refractivity contribution >= 4 is 18.0 Å². The summed E-state index contributed by atoms with van der Waals surface area (Å²) in [6, 6.07) is 0. The Morgan fingerprint density at radius 2 is 2.44 bits per heavy atom. The van der Waals surface area contributed by atoms with Crippen LogP contribution in [-0.2, 0) is 17.6 Å². The van der Waals surface area contributed by atoms with Gasteiger partial charge in [0.15, 0.2) is 6.21 Å². The maximum absolute atomic E-state index is 10.9. The van der Waals surface area contributed by atoms with Gasteiger partial charge in [0.05, 0.1) is 11.5 Å². The second-order valence-electron chi connectivity index (χ2n) is 4.01. The van der Waals surface area contributed by atoms with Gasteiger partial charge in [-0.25, -0.2) is 4.98 Å². The number of aromatic nitrogens is 1. The topological polar surface area (TPSA) is 102 Å². The minimum atomic E-state index is -0.749. The van der Waals surface area contributed by atoms with Crippen molar-refractivity contribution in [2.24, 2.45) is 5.92 Å². The van der Waals surface area contributed by atoms with Crippen molar-refractivity contribution in [2.45, 2.75) is 19.3 Å². The van der Waals surface area contributed by atoms with E-state index >= 15 is 0 Å². The second kappa shape index (κ2) is 3.92. The first-order valence-electron chi connectivity index (χ1n) is 5.17. The molecule has 1 unspecified atom stereocenters. The van der Waals surface area contributed by atoms with Gasteiger partial charge in [0.2, 0.25) is 0 Å². The lowest BCUT2D eigenvalue weighted by molar-refractivity contribution is -0.142. The van der Waals surface area contributed by atoms with Crippen LogP contribution in [0.3, 0.4) is 0 Å². The van der Waals surface area contributed by atoms with Crippen LogP contribution >= 0.6 is 0 Å². The number of aliphatic carboxylic acids is 1. The molecule has 2 rings (SSSR count). The molecule has 0 fully saturated rings. The van der Waals surface area contributed by atoms with Gasteiger partial charge in [-0.05, 0) is 30.4 Å². The van der Waals surface area contributed by atoms with Gasteiger partial charge in [0, 0.05) is 6.20 Å². The molecule has 1 aromatic rings. The van der Waals surface area contributed by atoms with Crippen molar-refractivity contribution in [1.29, 1.82) is 0 Å². The van der Waals surface area contributed by atoms with Gasteiger partial charge in [0.1, 0.15) is 5.82 Å². The molecule has 0 spiro atoms. The number of nitrogen functional groups attached to an aromatic ring is 1. The molecule has 5 heteroatoms. The summed E-state index contributed by atoms with van der Waals surface area (Å²) in [7, 11) is 0. The lowest BCUT2D eigenvalue weighted by Crippen LogP contribution is -2.32. The van der Waals surface area contributed by atoms with E-state index in [0.29, 0.717) is 25.1 Å². The molecule has 0 aromatic carbocycles. The molecule has 1 aliphatic rings. The molecule has 84 valence electrons.